The Morgan fingerprint density at radius 1 is 1.44 bits per heavy atom. The maximum Gasteiger partial charge on any atom is 0.0356 e. The molecular weight excluding hydrogens is 223 g/mol. The zero-order valence-corrected chi connectivity index (χ0v) is 7.97. The van der Waals surface area contributed by atoms with Crippen LogP contribution in [0.1, 0.15) is 20.3 Å². The molecule has 1 aliphatic rings. The third-order valence-electron chi connectivity index (χ3n) is 1.63. The Kier molecular flexibility index (Phi) is 2.33. The monoisotopic (exact) mass is 234 g/mol. The van der Waals surface area contributed by atoms with Gasteiger partial charge in [0.15, 0.2) is 0 Å². The highest BCUT2D eigenvalue weighted by Crippen LogP contribution is 2.24. The van der Waals surface area contributed by atoms with Gasteiger partial charge in [0, 0.05) is 3.92 Å². The summed E-state index contributed by atoms with van der Waals surface area (Å²) >= 11 is 2.49. The van der Waals surface area contributed by atoms with Crippen LogP contribution in [0.2, 0.25) is 0 Å². The van der Waals surface area contributed by atoms with Gasteiger partial charge in [-0.25, -0.2) is 0 Å². The van der Waals surface area contributed by atoms with Gasteiger partial charge in [-0.2, -0.15) is 0 Å². The van der Waals surface area contributed by atoms with Crippen molar-refractivity contribution in [2.45, 2.75) is 24.2 Å². The third-order valence-corrected chi connectivity index (χ3v) is 3.05. The number of hydrogen-bond acceptors (Lipinski definition) is 0. The van der Waals surface area contributed by atoms with Crippen LogP contribution >= 0.6 is 22.6 Å². The number of alkyl halides is 1. The zero-order chi connectivity index (χ0) is 6.85. The van der Waals surface area contributed by atoms with Crippen LogP contribution in [0.4, 0.5) is 0 Å². The number of allylic oxidation sites excluding steroid dienone is 4. The molecule has 1 rings (SSSR count). The van der Waals surface area contributed by atoms with Gasteiger partial charge in [0.2, 0.25) is 0 Å². The molecule has 0 heterocycles. The quantitative estimate of drug-likeness (QED) is 0.446. The van der Waals surface area contributed by atoms with Crippen LogP contribution in [0.3, 0.4) is 0 Å². The van der Waals surface area contributed by atoms with Gasteiger partial charge in [0.1, 0.15) is 0 Å². The van der Waals surface area contributed by atoms with Crippen molar-refractivity contribution < 1.29 is 0 Å². The lowest BCUT2D eigenvalue weighted by atomic mass is 10.0. The SMILES string of the molecule is CC1=CC=C(C)[C@@H](I)C1. The normalized spacial score (nSPS) is 27.2. The standard InChI is InChI=1S/C8H11I/c1-6-3-4-7(2)8(9)5-6/h3-4,8H,5H2,1-2H3/t8-/m0/s1. The second-order valence-electron chi connectivity index (χ2n) is 2.60. The molecule has 0 fully saturated rings. The summed E-state index contributed by atoms with van der Waals surface area (Å²) in [5.41, 5.74) is 3.00. The summed E-state index contributed by atoms with van der Waals surface area (Å²) in [6.07, 6.45) is 5.67. The summed E-state index contributed by atoms with van der Waals surface area (Å²) < 4.78 is 0.743. The highest BCUT2D eigenvalue weighted by molar-refractivity contribution is 14.1. The molecule has 0 amide bonds. The van der Waals surface area contributed by atoms with Gasteiger partial charge in [-0.15, -0.1) is 0 Å². The first-order valence-electron chi connectivity index (χ1n) is 3.18. The van der Waals surface area contributed by atoms with Gasteiger partial charge >= 0.3 is 0 Å². The van der Waals surface area contributed by atoms with Crippen molar-refractivity contribution in [2.75, 3.05) is 0 Å². The molecule has 0 N–H and O–H groups in total. The molecule has 1 aliphatic carbocycles. The summed E-state index contributed by atoms with van der Waals surface area (Å²) in [4.78, 5) is 0. The van der Waals surface area contributed by atoms with E-state index in [9.17, 15) is 0 Å². The second kappa shape index (κ2) is 2.86. The van der Waals surface area contributed by atoms with Crippen LogP contribution < -0.4 is 0 Å². The third kappa shape index (κ3) is 1.81. The second-order valence-corrected chi connectivity index (χ2v) is 4.10. The average molecular weight is 234 g/mol. The summed E-state index contributed by atoms with van der Waals surface area (Å²) in [5, 5.41) is 0. The maximum atomic E-state index is 2.49. The molecule has 0 unspecified atom stereocenters. The fourth-order valence-corrected chi connectivity index (χ4v) is 1.79. The molecule has 1 atom stereocenters. The summed E-state index contributed by atoms with van der Waals surface area (Å²) in [6, 6.07) is 0. The highest BCUT2D eigenvalue weighted by atomic mass is 127. The van der Waals surface area contributed by atoms with Crippen LogP contribution in [0.15, 0.2) is 23.3 Å². The smallest absolute Gasteiger partial charge is 0.0356 e. The molecule has 1 heteroatoms. The minimum Gasteiger partial charge on any atom is -0.0774 e. The van der Waals surface area contributed by atoms with Crippen molar-refractivity contribution in [2.24, 2.45) is 0 Å². The average Bonchev–Trinajstić information content (AvgIpc) is 1.80. The van der Waals surface area contributed by atoms with E-state index in [0.29, 0.717) is 0 Å². The van der Waals surface area contributed by atoms with Crippen molar-refractivity contribution in [3.8, 4) is 0 Å². The van der Waals surface area contributed by atoms with E-state index in [0.717, 1.165) is 3.92 Å². The molecule has 9 heavy (non-hydrogen) atoms. The fourth-order valence-electron chi connectivity index (χ4n) is 0.890. The first-order chi connectivity index (χ1) is 4.20. The van der Waals surface area contributed by atoms with E-state index in [1.807, 2.05) is 0 Å². The Hall–Kier alpha value is 0.210. The molecule has 0 radical (unpaired) electrons. The van der Waals surface area contributed by atoms with E-state index in [2.05, 4.69) is 48.6 Å². The predicted octanol–water partition coefficient (Wildman–Crippen LogP) is 3.09. The van der Waals surface area contributed by atoms with E-state index in [-0.39, 0.29) is 0 Å². The first-order valence-corrected chi connectivity index (χ1v) is 4.43. The molecule has 0 saturated heterocycles. The molecule has 0 aromatic rings. The van der Waals surface area contributed by atoms with E-state index < -0.39 is 0 Å². The molecule has 0 spiro atoms. The Morgan fingerprint density at radius 3 is 2.56 bits per heavy atom. The minimum atomic E-state index is 0.743. The topological polar surface area (TPSA) is 0 Å². The lowest BCUT2D eigenvalue weighted by molar-refractivity contribution is 0.951. The molecule has 0 aromatic carbocycles. The van der Waals surface area contributed by atoms with Gasteiger partial charge in [0.25, 0.3) is 0 Å². The molecule has 0 bridgehead atoms. The van der Waals surface area contributed by atoms with Crippen LogP contribution in [0.25, 0.3) is 0 Å². The predicted molar refractivity (Wildman–Crippen MR) is 49.9 cm³/mol. The van der Waals surface area contributed by atoms with Crippen LogP contribution in [0.5, 0.6) is 0 Å². The summed E-state index contributed by atoms with van der Waals surface area (Å²) in [7, 11) is 0. The fraction of sp³-hybridized carbons (Fsp3) is 0.500. The largest absolute Gasteiger partial charge is 0.0774 e. The van der Waals surface area contributed by atoms with Crippen molar-refractivity contribution >= 4 is 22.6 Å². The Balaban J connectivity index is 2.74. The minimum absolute atomic E-state index is 0.743. The molecule has 50 valence electrons. The molecule has 0 aliphatic heterocycles. The molecular formula is C8H11I. The van der Waals surface area contributed by atoms with E-state index in [1.165, 1.54) is 17.6 Å². The Labute approximate surface area is 70.2 Å². The van der Waals surface area contributed by atoms with E-state index in [4.69, 9.17) is 0 Å². The summed E-state index contributed by atoms with van der Waals surface area (Å²) in [5.74, 6) is 0. The van der Waals surface area contributed by atoms with Crippen LogP contribution in [0, 0.1) is 0 Å². The van der Waals surface area contributed by atoms with Gasteiger partial charge in [-0.05, 0) is 20.3 Å². The van der Waals surface area contributed by atoms with Gasteiger partial charge in [-0.3, -0.25) is 0 Å². The zero-order valence-electron chi connectivity index (χ0n) is 5.82. The van der Waals surface area contributed by atoms with Gasteiger partial charge in [-0.1, -0.05) is 45.9 Å². The van der Waals surface area contributed by atoms with Crippen molar-refractivity contribution in [1.29, 1.82) is 0 Å². The number of hydrogen-bond donors (Lipinski definition) is 0. The number of rotatable bonds is 0. The van der Waals surface area contributed by atoms with Crippen LogP contribution in [-0.4, -0.2) is 3.92 Å². The molecule has 0 aromatic heterocycles. The molecule has 0 nitrogen and oxygen atoms in total. The Bertz CT molecular complexity index is 165. The summed E-state index contributed by atoms with van der Waals surface area (Å²) in [6.45, 7) is 4.38. The van der Waals surface area contributed by atoms with Crippen LogP contribution in [-0.2, 0) is 0 Å². The van der Waals surface area contributed by atoms with Gasteiger partial charge < -0.3 is 0 Å². The lowest BCUT2D eigenvalue weighted by Gasteiger charge is -2.14. The number of halogens is 1. The van der Waals surface area contributed by atoms with Crippen molar-refractivity contribution in [3.63, 3.8) is 0 Å². The highest BCUT2D eigenvalue weighted by Gasteiger charge is 2.08. The molecule has 0 saturated carbocycles. The first kappa shape index (κ1) is 7.32. The van der Waals surface area contributed by atoms with E-state index >= 15 is 0 Å². The lowest BCUT2D eigenvalue weighted by Crippen LogP contribution is -2.03. The maximum absolute atomic E-state index is 2.49. The van der Waals surface area contributed by atoms with Crippen molar-refractivity contribution in [1.82, 2.24) is 0 Å². The van der Waals surface area contributed by atoms with Crippen molar-refractivity contribution in [3.05, 3.63) is 23.3 Å². The van der Waals surface area contributed by atoms with Gasteiger partial charge in [0.05, 0.1) is 0 Å². The Morgan fingerprint density at radius 2 is 2.11 bits per heavy atom. The van der Waals surface area contributed by atoms with E-state index in [1.54, 1.807) is 0 Å².